The second kappa shape index (κ2) is 15.7. The first-order valence-electron chi connectivity index (χ1n) is 8.88. The third-order valence-corrected chi connectivity index (χ3v) is 6.16. The highest BCUT2D eigenvalue weighted by Crippen LogP contribution is 2.33. The fourth-order valence-corrected chi connectivity index (χ4v) is 3.72. The average Bonchev–Trinajstić information content (AvgIpc) is 3.17. The summed E-state index contributed by atoms with van der Waals surface area (Å²) in [6.45, 7) is 5.89. The molecule has 0 fully saturated rings. The van der Waals surface area contributed by atoms with Gasteiger partial charge in [-0.1, -0.05) is 41.4 Å². The van der Waals surface area contributed by atoms with E-state index in [1.54, 1.807) is 30.4 Å². The Labute approximate surface area is 205 Å². The molecule has 1 heterocycles. The molecule has 0 N–H and O–H groups in total. The molecule has 3 aromatic rings. The number of thiophene rings is 1. The lowest BCUT2D eigenvalue weighted by molar-refractivity contribution is -0.191. The van der Waals surface area contributed by atoms with E-state index in [0.717, 1.165) is 10.6 Å². The Morgan fingerprint density at radius 1 is 1.06 bits per heavy atom. The quantitative estimate of drug-likeness (QED) is 0.309. The molecular formula is C22H23Cl2FO5S2. The number of hydrogen-bond donors (Lipinski definition) is 1. The zero-order valence-corrected chi connectivity index (χ0v) is 21.3. The summed E-state index contributed by atoms with van der Waals surface area (Å²) < 4.78 is 23.1. The van der Waals surface area contributed by atoms with Gasteiger partial charge in [0.2, 0.25) is 0 Å². The number of esters is 1. The highest BCUT2D eigenvalue weighted by atomic mass is 35.5. The average molecular weight is 521 g/mol. The van der Waals surface area contributed by atoms with Crippen molar-refractivity contribution in [3.63, 3.8) is 0 Å². The van der Waals surface area contributed by atoms with Crippen LogP contribution in [0, 0.1) is 26.6 Å². The lowest BCUT2D eigenvalue weighted by Crippen LogP contribution is -1.99. The van der Waals surface area contributed by atoms with E-state index in [9.17, 15) is 9.18 Å². The van der Waals surface area contributed by atoms with Crippen molar-refractivity contribution in [3.05, 3.63) is 62.2 Å². The van der Waals surface area contributed by atoms with Gasteiger partial charge in [-0.25, -0.2) is 4.39 Å². The molecule has 0 aliphatic heterocycles. The summed E-state index contributed by atoms with van der Waals surface area (Å²) in [6, 6.07) is 9.63. The molecule has 0 aliphatic rings. The first-order chi connectivity index (χ1) is 15.1. The molecule has 0 saturated heterocycles. The smallest absolute Gasteiger partial charge is 0.373 e. The van der Waals surface area contributed by atoms with Crippen molar-refractivity contribution < 1.29 is 28.2 Å². The minimum Gasteiger partial charge on any atom is -0.494 e. The van der Waals surface area contributed by atoms with Gasteiger partial charge in [-0.2, -0.15) is 22.2 Å². The molecular weight excluding hydrogens is 498 g/mol. The van der Waals surface area contributed by atoms with Gasteiger partial charge in [-0.05, 0) is 49.4 Å². The van der Waals surface area contributed by atoms with Crippen LogP contribution in [0.1, 0.15) is 16.0 Å². The zero-order valence-electron chi connectivity index (χ0n) is 18.1. The van der Waals surface area contributed by atoms with Gasteiger partial charge in [0.25, 0.3) is 0 Å². The molecule has 0 saturated carbocycles. The SMILES string of the molecule is COC(=O)CS.COc1ccc(C)c(Cl)c1F.Cc1cc2ccc(C)c(Cl)c2s1.O=C=O. The summed E-state index contributed by atoms with van der Waals surface area (Å²) in [7, 11) is 2.74. The van der Waals surface area contributed by atoms with E-state index in [1.165, 1.54) is 29.2 Å². The van der Waals surface area contributed by atoms with Crippen LogP contribution in [0.5, 0.6) is 5.75 Å². The summed E-state index contributed by atoms with van der Waals surface area (Å²) >= 11 is 17.1. The molecule has 32 heavy (non-hydrogen) atoms. The first kappa shape index (κ1) is 29.9. The number of carbonyl (C=O) groups is 1. The monoisotopic (exact) mass is 520 g/mol. The van der Waals surface area contributed by atoms with E-state index in [0.29, 0.717) is 5.56 Å². The number of hydrogen-bond acceptors (Lipinski definition) is 7. The fraction of sp³-hybridized carbons (Fsp3) is 0.273. The minimum absolute atomic E-state index is 0.129. The molecule has 0 unspecified atom stereocenters. The molecule has 0 radical (unpaired) electrons. The van der Waals surface area contributed by atoms with Gasteiger partial charge in [-0.15, -0.1) is 11.3 Å². The molecule has 174 valence electrons. The summed E-state index contributed by atoms with van der Waals surface area (Å²) in [5.41, 5.74) is 1.87. The Morgan fingerprint density at radius 3 is 2.06 bits per heavy atom. The zero-order chi connectivity index (χ0) is 24.8. The Kier molecular flexibility index (Phi) is 14.6. The van der Waals surface area contributed by atoms with Crippen molar-refractivity contribution >= 4 is 69.4 Å². The van der Waals surface area contributed by atoms with Crippen LogP contribution in [0.3, 0.4) is 0 Å². The molecule has 0 aliphatic carbocycles. The maximum atomic E-state index is 13.0. The Morgan fingerprint density at radius 2 is 1.59 bits per heavy atom. The highest BCUT2D eigenvalue weighted by molar-refractivity contribution is 7.81. The first-order valence-corrected chi connectivity index (χ1v) is 11.1. The van der Waals surface area contributed by atoms with Crippen LogP contribution in [0.2, 0.25) is 10.0 Å². The maximum absolute atomic E-state index is 13.0. The van der Waals surface area contributed by atoms with E-state index in [1.807, 2.05) is 6.92 Å². The number of methoxy groups -OCH3 is 2. The summed E-state index contributed by atoms with van der Waals surface area (Å²) in [5, 5.41) is 2.29. The number of carbonyl (C=O) groups excluding carboxylic acids is 3. The molecule has 3 rings (SSSR count). The summed E-state index contributed by atoms with van der Waals surface area (Å²) in [6.07, 6.45) is 0.250. The number of fused-ring (bicyclic) bond motifs is 1. The van der Waals surface area contributed by atoms with Crippen molar-refractivity contribution in [2.75, 3.05) is 20.0 Å². The molecule has 0 spiro atoms. The van der Waals surface area contributed by atoms with Gasteiger partial charge >= 0.3 is 12.1 Å². The van der Waals surface area contributed by atoms with Gasteiger partial charge in [0.15, 0.2) is 11.6 Å². The number of halogens is 3. The largest absolute Gasteiger partial charge is 0.494 e. The van der Waals surface area contributed by atoms with Crippen LogP contribution in [0.4, 0.5) is 4.39 Å². The van der Waals surface area contributed by atoms with Crippen LogP contribution < -0.4 is 4.74 Å². The van der Waals surface area contributed by atoms with Crippen molar-refractivity contribution in [3.8, 4) is 5.75 Å². The standard InChI is InChI=1S/C10H9ClS.C8H8ClFO.C3H6O2S.CO2/c1-6-3-4-8-5-7(2)12-10(8)9(6)11;1-5-3-4-6(11-2)8(10)7(5)9;1-5-3(4)2-6;2-1-3/h3-5H,1-2H3;3-4H,1-2H3;6H,2H2,1H3;. The molecule has 0 atom stereocenters. The molecule has 0 amide bonds. The third kappa shape index (κ3) is 9.59. The lowest BCUT2D eigenvalue weighted by Gasteiger charge is -2.04. The maximum Gasteiger partial charge on any atom is 0.373 e. The van der Waals surface area contributed by atoms with Gasteiger partial charge in [0.1, 0.15) is 0 Å². The van der Waals surface area contributed by atoms with Crippen LogP contribution in [0.25, 0.3) is 10.1 Å². The molecule has 10 heteroatoms. The minimum atomic E-state index is -0.492. The van der Waals surface area contributed by atoms with Crippen LogP contribution >= 0.6 is 47.2 Å². The molecule has 1 aromatic heterocycles. The van der Waals surface area contributed by atoms with Gasteiger partial charge in [0.05, 0.1) is 34.7 Å². The Balaban J connectivity index is 0.000000445. The van der Waals surface area contributed by atoms with E-state index >= 15 is 0 Å². The second-order valence-electron chi connectivity index (χ2n) is 6.00. The van der Waals surface area contributed by atoms with Crippen LogP contribution in [0.15, 0.2) is 30.3 Å². The van der Waals surface area contributed by atoms with Crippen molar-refractivity contribution in [2.45, 2.75) is 20.8 Å². The van der Waals surface area contributed by atoms with Crippen molar-refractivity contribution in [2.24, 2.45) is 0 Å². The van der Waals surface area contributed by atoms with Gasteiger partial charge < -0.3 is 9.47 Å². The molecule has 0 bridgehead atoms. The van der Waals surface area contributed by atoms with Crippen molar-refractivity contribution in [1.82, 2.24) is 0 Å². The van der Waals surface area contributed by atoms with Gasteiger partial charge in [-0.3, -0.25) is 4.79 Å². The van der Waals surface area contributed by atoms with Crippen LogP contribution in [-0.4, -0.2) is 32.1 Å². The fourth-order valence-electron chi connectivity index (χ4n) is 2.15. The van der Waals surface area contributed by atoms with Crippen molar-refractivity contribution in [1.29, 1.82) is 0 Å². The third-order valence-electron chi connectivity index (χ3n) is 3.76. The summed E-state index contributed by atoms with van der Waals surface area (Å²) in [5.74, 6) is -0.440. The highest BCUT2D eigenvalue weighted by Gasteiger charge is 2.08. The van der Waals surface area contributed by atoms with Crippen LogP contribution in [-0.2, 0) is 19.1 Å². The van der Waals surface area contributed by atoms with E-state index in [-0.39, 0.29) is 28.6 Å². The van der Waals surface area contributed by atoms with E-state index in [4.69, 9.17) is 37.5 Å². The molecule has 5 nitrogen and oxygen atoms in total. The Hall–Kier alpha value is -2.09. The molecule has 2 aromatic carbocycles. The second-order valence-corrected chi connectivity index (χ2v) is 8.33. The number of thiol groups is 1. The predicted molar refractivity (Wildman–Crippen MR) is 130 cm³/mol. The normalized spacial score (nSPS) is 9.16. The number of aryl methyl sites for hydroxylation is 3. The Bertz CT molecular complexity index is 1060. The van der Waals surface area contributed by atoms with Gasteiger partial charge in [0, 0.05) is 4.88 Å². The number of rotatable bonds is 2. The topological polar surface area (TPSA) is 69.7 Å². The summed E-state index contributed by atoms with van der Waals surface area (Å²) in [4.78, 5) is 27.4. The number of benzene rings is 2. The lowest BCUT2D eigenvalue weighted by atomic mass is 10.2. The predicted octanol–water partition coefficient (Wildman–Crippen LogP) is 6.47. The van der Waals surface area contributed by atoms with E-state index in [2.05, 4.69) is 42.5 Å². The van der Waals surface area contributed by atoms with E-state index < -0.39 is 5.82 Å². The number of ether oxygens (including phenoxy) is 2.